The number of aliphatic hydroxyl groups excluding tert-OH is 1. The van der Waals surface area contributed by atoms with Crippen molar-refractivity contribution in [2.24, 2.45) is 4.99 Å². The molecule has 11 heteroatoms. The lowest BCUT2D eigenvalue weighted by molar-refractivity contribution is -0.137. The van der Waals surface area contributed by atoms with Gasteiger partial charge < -0.3 is 20.1 Å². The number of rotatable bonds is 8. The molecule has 0 fully saturated rings. The van der Waals surface area contributed by atoms with E-state index in [1.54, 1.807) is 41.4 Å². The number of aliphatic imine (C=N–C) groups is 1. The predicted octanol–water partition coefficient (Wildman–Crippen LogP) is 5.13. The maximum atomic E-state index is 13.0. The van der Waals surface area contributed by atoms with Gasteiger partial charge in [0.25, 0.3) is 0 Å². The molecule has 0 unspecified atom stereocenters. The molecule has 1 aromatic heterocycles. The predicted molar refractivity (Wildman–Crippen MR) is 129 cm³/mol. The maximum absolute atomic E-state index is 13.0. The van der Waals surface area contributed by atoms with E-state index >= 15 is 0 Å². The number of halogens is 4. The van der Waals surface area contributed by atoms with E-state index in [4.69, 9.17) is 16.3 Å². The number of hydrogen-bond acceptors (Lipinski definition) is 6. The van der Waals surface area contributed by atoms with Gasteiger partial charge in [-0.05, 0) is 48.4 Å². The Hall–Kier alpha value is -3.63. The van der Waals surface area contributed by atoms with Crippen LogP contribution in [0.4, 0.5) is 18.9 Å². The third kappa shape index (κ3) is 6.32. The van der Waals surface area contributed by atoms with Crippen LogP contribution in [-0.2, 0) is 17.4 Å². The molecule has 0 saturated carbocycles. The summed E-state index contributed by atoms with van der Waals surface area (Å²) in [5.74, 6) is 1.25. The molecule has 2 N–H and O–H groups in total. The van der Waals surface area contributed by atoms with Gasteiger partial charge in [0.1, 0.15) is 23.9 Å². The number of aryl methyl sites for hydroxylation is 1. The van der Waals surface area contributed by atoms with E-state index in [0.717, 1.165) is 17.7 Å². The van der Waals surface area contributed by atoms with Gasteiger partial charge in [-0.15, -0.1) is 0 Å². The zero-order valence-electron chi connectivity index (χ0n) is 18.9. The molecule has 0 saturated heterocycles. The number of benzene rings is 2. The van der Waals surface area contributed by atoms with E-state index in [1.165, 1.54) is 6.07 Å². The largest absolute Gasteiger partial charge is 0.457 e. The number of amidine groups is 1. The lowest BCUT2D eigenvalue weighted by Gasteiger charge is -2.16. The molecule has 188 valence electrons. The Kier molecular flexibility index (Phi) is 7.76. The number of anilines is 1. The van der Waals surface area contributed by atoms with Gasteiger partial charge in [-0.1, -0.05) is 23.7 Å². The van der Waals surface area contributed by atoms with Crippen LogP contribution in [-0.4, -0.2) is 46.6 Å². The molecule has 3 aromatic rings. The molecule has 0 atom stereocenters. The highest BCUT2D eigenvalue weighted by molar-refractivity contribution is 6.31. The number of alkyl halides is 3. The maximum Gasteiger partial charge on any atom is 0.417 e. The van der Waals surface area contributed by atoms with E-state index in [-0.39, 0.29) is 18.8 Å². The minimum Gasteiger partial charge on any atom is -0.457 e. The van der Waals surface area contributed by atoms with E-state index in [2.05, 4.69) is 15.3 Å². The summed E-state index contributed by atoms with van der Waals surface area (Å²) in [7, 11) is 0. The van der Waals surface area contributed by atoms with Crippen molar-refractivity contribution in [1.82, 2.24) is 9.88 Å². The molecular formula is C25H22ClF3N4O3. The number of nitrogens with zero attached hydrogens (tertiary/aromatic N) is 3. The van der Waals surface area contributed by atoms with Crippen molar-refractivity contribution in [3.63, 3.8) is 0 Å². The van der Waals surface area contributed by atoms with Crippen LogP contribution in [0, 0.1) is 0 Å². The number of carbonyl (C=O) groups is 1. The van der Waals surface area contributed by atoms with Crippen LogP contribution in [0.3, 0.4) is 0 Å². The van der Waals surface area contributed by atoms with Crippen LogP contribution in [0.25, 0.3) is 0 Å². The average Bonchev–Trinajstić information content (AvgIpc) is 3.33. The molecule has 1 aliphatic heterocycles. The van der Waals surface area contributed by atoms with Gasteiger partial charge in [-0.25, -0.2) is 0 Å². The van der Waals surface area contributed by atoms with Gasteiger partial charge in [-0.2, -0.15) is 13.2 Å². The van der Waals surface area contributed by atoms with E-state index in [1.807, 2.05) is 6.07 Å². The highest BCUT2D eigenvalue weighted by Crippen LogP contribution is 2.36. The standard InChI is InChI=1S/C25H22ClF3N4O3/c26-21-6-5-17(13-20(21)25(27,28)29)32-23(35)7-4-16-2-1-3-18(12-16)36-19-8-9-30-22(14-19)24-31-10-11-33(24)15-34/h1-3,5-6,8-9,12-14,34H,4,7,10-11,15H2,(H,32,35). The van der Waals surface area contributed by atoms with Crippen LogP contribution in [0.2, 0.25) is 5.02 Å². The van der Waals surface area contributed by atoms with Crippen LogP contribution < -0.4 is 10.1 Å². The summed E-state index contributed by atoms with van der Waals surface area (Å²) in [5, 5.41) is 11.5. The van der Waals surface area contributed by atoms with Crippen molar-refractivity contribution in [2.75, 3.05) is 25.1 Å². The first-order chi connectivity index (χ1) is 17.2. The number of hydrogen-bond donors (Lipinski definition) is 2. The van der Waals surface area contributed by atoms with Gasteiger partial charge in [-0.3, -0.25) is 14.8 Å². The Labute approximate surface area is 210 Å². The monoisotopic (exact) mass is 518 g/mol. The zero-order valence-corrected chi connectivity index (χ0v) is 19.7. The summed E-state index contributed by atoms with van der Waals surface area (Å²) >= 11 is 5.62. The summed E-state index contributed by atoms with van der Waals surface area (Å²) in [6, 6.07) is 13.8. The highest BCUT2D eigenvalue weighted by atomic mass is 35.5. The minimum absolute atomic E-state index is 0.0222. The molecule has 1 aliphatic rings. The summed E-state index contributed by atoms with van der Waals surface area (Å²) in [4.78, 5) is 22.7. The van der Waals surface area contributed by atoms with E-state index < -0.39 is 22.7 Å². The fourth-order valence-electron chi connectivity index (χ4n) is 3.66. The molecule has 2 aromatic carbocycles. The first-order valence-electron chi connectivity index (χ1n) is 11.0. The van der Waals surface area contributed by atoms with Crippen LogP contribution in [0.1, 0.15) is 23.2 Å². The minimum atomic E-state index is -4.61. The summed E-state index contributed by atoms with van der Waals surface area (Å²) in [6.07, 6.45) is -2.61. The Morgan fingerprint density at radius 2 is 1.94 bits per heavy atom. The summed E-state index contributed by atoms with van der Waals surface area (Å²) in [5.41, 5.74) is 0.419. The van der Waals surface area contributed by atoms with Crippen LogP contribution in [0.5, 0.6) is 11.5 Å². The Bertz CT molecular complexity index is 1280. The highest BCUT2D eigenvalue weighted by Gasteiger charge is 2.33. The summed E-state index contributed by atoms with van der Waals surface area (Å²) in [6.45, 7) is 1.05. The number of amides is 1. The van der Waals surface area contributed by atoms with Gasteiger partial charge in [0.2, 0.25) is 5.91 Å². The average molecular weight is 519 g/mol. The van der Waals surface area contributed by atoms with Crippen LogP contribution >= 0.6 is 11.6 Å². The van der Waals surface area contributed by atoms with Gasteiger partial charge in [0.15, 0.2) is 5.84 Å². The zero-order chi connectivity index (χ0) is 25.7. The van der Waals surface area contributed by atoms with Crippen LogP contribution in [0.15, 0.2) is 65.8 Å². The Morgan fingerprint density at radius 3 is 2.72 bits per heavy atom. The fraction of sp³-hybridized carbons (Fsp3) is 0.240. The van der Waals surface area contributed by atoms with Crippen molar-refractivity contribution >= 4 is 29.0 Å². The quantitative estimate of drug-likeness (QED) is 0.432. The normalized spacial score (nSPS) is 13.5. The second kappa shape index (κ2) is 11.0. The second-order valence-electron chi connectivity index (χ2n) is 7.98. The first-order valence-corrected chi connectivity index (χ1v) is 11.4. The Balaban J connectivity index is 1.37. The fourth-order valence-corrected chi connectivity index (χ4v) is 3.89. The number of aromatic nitrogens is 1. The van der Waals surface area contributed by atoms with Crippen molar-refractivity contribution in [1.29, 1.82) is 0 Å². The molecule has 36 heavy (non-hydrogen) atoms. The third-order valence-corrected chi connectivity index (χ3v) is 5.72. The molecule has 0 aliphatic carbocycles. The first kappa shape index (κ1) is 25.5. The number of pyridine rings is 1. The molecule has 0 bridgehead atoms. The molecular weight excluding hydrogens is 497 g/mol. The second-order valence-corrected chi connectivity index (χ2v) is 8.38. The van der Waals surface area contributed by atoms with Gasteiger partial charge in [0.05, 0.1) is 17.1 Å². The number of nitrogens with one attached hydrogen (secondary N) is 1. The smallest absolute Gasteiger partial charge is 0.417 e. The Morgan fingerprint density at radius 1 is 1.14 bits per heavy atom. The SMILES string of the molecule is O=C(CCc1cccc(Oc2ccnc(C3=NCCN3CO)c2)c1)Nc1ccc(Cl)c(C(F)(F)F)c1. The van der Waals surface area contributed by atoms with Crippen molar-refractivity contribution in [3.8, 4) is 11.5 Å². The topological polar surface area (TPSA) is 87.0 Å². The van der Waals surface area contributed by atoms with Gasteiger partial charge >= 0.3 is 6.18 Å². The van der Waals surface area contributed by atoms with Gasteiger partial charge in [0, 0.05) is 30.9 Å². The lowest BCUT2D eigenvalue weighted by atomic mass is 10.1. The van der Waals surface area contributed by atoms with Crippen molar-refractivity contribution in [3.05, 3.63) is 82.6 Å². The summed E-state index contributed by atoms with van der Waals surface area (Å²) < 4.78 is 45.1. The number of carbonyl (C=O) groups excluding carboxylic acids is 1. The van der Waals surface area contributed by atoms with Crippen molar-refractivity contribution < 1.29 is 27.8 Å². The molecule has 1 amide bonds. The number of ether oxygens (including phenoxy) is 1. The molecule has 0 radical (unpaired) electrons. The molecule has 4 rings (SSSR count). The lowest BCUT2D eigenvalue weighted by Crippen LogP contribution is -2.29. The molecule has 0 spiro atoms. The van der Waals surface area contributed by atoms with E-state index in [0.29, 0.717) is 42.5 Å². The molecule has 2 heterocycles. The molecule has 7 nitrogen and oxygen atoms in total. The number of aliphatic hydroxyl groups is 1. The van der Waals surface area contributed by atoms with E-state index in [9.17, 15) is 23.1 Å². The third-order valence-electron chi connectivity index (χ3n) is 5.39. The van der Waals surface area contributed by atoms with Crippen molar-refractivity contribution in [2.45, 2.75) is 19.0 Å².